The molecule has 0 atom stereocenters. The molecule has 2 aromatic carbocycles. The molecule has 0 amide bonds. The summed E-state index contributed by atoms with van der Waals surface area (Å²) < 4.78 is 26.7. The van der Waals surface area contributed by atoms with Gasteiger partial charge in [-0.1, -0.05) is 114 Å². The van der Waals surface area contributed by atoms with E-state index in [1.54, 1.807) is 31.0 Å². The van der Waals surface area contributed by atoms with E-state index < -0.39 is 20.4 Å². The molecular formula is C30H42F2Si. The molecule has 1 aliphatic carbocycles. The maximum atomic E-state index is 13.5. The van der Waals surface area contributed by atoms with Crippen LogP contribution >= 0.6 is 0 Å². The minimum Gasteiger partial charge on any atom is -0.204 e. The van der Waals surface area contributed by atoms with Crippen LogP contribution in [0.1, 0.15) is 83.1 Å². The Morgan fingerprint density at radius 1 is 0.727 bits per heavy atom. The topological polar surface area (TPSA) is 0 Å². The first-order valence-corrected chi connectivity index (χ1v) is 16.0. The highest BCUT2D eigenvalue weighted by Gasteiger charge is 2.31. The number of hydrogen-bond acceptors (Lipinski definition) is 0. The fraction of sp³-hybridized carbons (Fsp3) is 0.600. The molecule has 1 heterocycles. The quantitative estimate of drug-likeness (QED) is 0.254. The zero-order chi connectivity index (χ0) is 23.0. The minimum absolute atomic E-state index is 0.512. The Hall–Kier alpha value is -1.48. The number of hydrogen-bond donors (Lipinski definition) is 0. The van der Waals surface area contributed by atoms with Crippen LogP contribution in [0, 0.1) is 23.5 Å². The molecule has 0 N–H and O–H groups in total. The molecule has 3 heteroatoms. The molecule has 1 saturated heterocycles. The molecule has 180 valence electrons. The molecule has 1 aliphatic heterocycles. The summed E-state index contributed by atoms with van der Waals surface area (Å²) in [5.74, 6) is 0.385. The summed E-state index contributed by atoms with van der Waals surface area (Å²) in [4.78, 5) is 0. The zero-order valence-corrected chi connectivity index (χ0v) is 21.7. The molecule has 2 aliphatic rings. The molecule has 1 saturated carbocycles. The Morgan fingerprint density at radius 3 is 2.06 bits per heavy atom. The van der Waals surface area contributed by atoms with Crippen molar-refractivity contribution in [2.75, 3.05) is 0 Å². The van der Waals surface area contributed by atoms with Gasteiger partial charge in [0.2, 0.25) is 0 Å². The highest BCUT2D eigenvalue weighted by molar-refractivity contribution is 6.60. The van der Waals surface area contributed by atoms with Crippen molar-refractivity contribution in [3.05, 3.63) is 59.7 Å². The number of unbranched alkanes of at least 4 members (excludes halogenated alkanes) is 2. The third-order valence-corrected chi connectivity index (χ3v) is 12.9. The highest BCUT2D eigenvalue weighted by Crippen LogP contribution is 2.42. The van der Waals surface area contributed by atoms with Gasteiger partial charge in [-0.05, 0) is 59.0 Å². The number of aryl methyl sites for hydroxylation is 1. The van der Waals surface area contributed by atoms with Gasteiger partial charge >= 0.3 is 0 Å². The summed E-state index contributed by atoms with van der Waals surface area (Å²) in [6.07, 6.45) is 17.3. The molecule has 2 fully saturated rings. The first kappa shape index (κ1) is 24.6. The van der Waals surface area contributed by atoms with Gasteiger partial charge in [-0.3, -0.25) is 0 Å². The Labute approximate surface area is 201 Å². The third-order valence-electron chi connectivity index (χ3n) is 8.71. The number of halogens is 2. The van der Waals surface area contributed by atoms with Crippen LogP contribution < -0.4 is 0 Å². The third kappa shape index (κ3) is 7.01. The fourth-order valence-electron chi connectivity index (χ4n) is 6.49. The molecule has 0 bridgehead atoms. The van der Waals surface area contributed by atoms with Gasteiger partial charge in [0.15, 0.2) is 11.6 Å². The molecular weight excluding hydrogens is 426 g/mol. The number of rotatable bonds is 9. The molecule has 0 unspecified atom stereocenters. The molecule has 4 rings (SSSR count). The van der Waals surface area contributed by atoms with Crippen LogP contribution in [-0.4, -0.2) is 8.80 Å². The molecule has 0 aromatic heterocycles. The van der Waals surface area contributed by atoms with E-state index in [-0.39, 0.29) is 0 Å². The van der Waals surface area contributed by atoms with Crippen LogP contribution in [0.25, 0.3) is 11.1 Å². The molecule has 2 aromatic rings. The second-order valence-electron chi connectivity index (χ2n) is 10.9. The normalized spacial score (nSPS) is 25.8. The smallest absolute Gasteiger partial charge is 0.159 e. The van der Waals surface area contributed by atoms with Gasteiger partial charge in [0.25, 0.3) is 0 Å². The Kier molecular flexibility index (Phi) is 9.17. The maximum Gasteiger partial charge on any atom is 0.159 e. The predicted octanol–water partition coefficient (Wildman–Crippen LogP) is 9.34. The standard InChI is InChI=1S/C30H42F2Si/c1-2-3-4-5-23-10-15-28(16-11-23)33-20-18-25(19-21-33)7-6-24-8-12-26(13-9-24)27-14-17-29(31)30(32)22-27/h8-9,12-14,17,22-23,25,28,33H,2-7,10-11,15-16,18-21H2,1H3. The monoisotopic (exact) mass is 468 g/mol. The van der Waals surface area contributed by atoms with Crippen LogP contribution in [-0.2, 0) is 6.42 Å². The van der Waals surface area contributed by atoms with Crippen LogP contribution in [0.15, 0.2) is 42.5 Å². The lowest BCUT2D eigenvalue weighted by atomic mass is 9.85. The summed E-state index contributed by atoms with van der Waals surface area (Å²) in [6, 6.07) is 15.7. The van der Waals surface area contributed by atoms with E-state index in [2.05, 4.69) is 19.1 Å². The first-order valence-electron chi connectivity index (χ1n) is 13.7. The lowest BCUT2D eigenvalue weighted by Crippen LogP contribution is -2.29. The highest BCUT2D eigenvalue weighted by atomic mass is 28.3. The summed E-state index contributed by atoms with van der Waals surface area (Å²) in [5.41, 5.74) is 4.20. The Bertz CT molecular complexity index is 846. The minimum atomic E-state index is -0.789. The van der Waals surface area contributed by atoms with Crippen molar-refractivity contribution in [1.29, 1.82) is 0 Å². The number of benzene rings is 2. The Balaban J connectivity index is 1.17. The van der Waals surface area contributed by atoms with Crippen molar-refractivity contribution < 1.29 is 8.78 Å². The average molecular weight is 469 g/mol. The van der Waals surface area contributed by atoms with E-state index in [0.717, 1.165) is 34.9 Å². The Morgan fingerprint density at radius 2 is 1.39 bits per heavy atom. The van der Waals surface area contributed by atoms with E-state index in [1.807, 2.05) is 12.1 Å². The van der Waals surface area contributed by atoms with E-state index in [4.69, 9.17) is 0 Å². The van der Waals surface area contributed by atoms with Gasteiger partial charge in [-0.25, -0.2) is 8.78 Å². The van der Waals surface area contributed by atoms with Crippen molar-refractivity contribution in [2.24, 2.45) is 11.8 Å². The molecule has 0 spiro atoms. The van der Waals surface area contributed by atoms with Crippen molar-refractivity contribution in [1.82, 2.24) is 0 Å². The van der Waals surface area contributed by atoms with Gasteiger partial charge in [0, 0.05) is 8.80 Å². The molecule has 0 radical (unpaired) electrons. The lowest BCUT2D eigenvalue weighted by molar-refractivity contribution is 0.323. The van der Waals surface area contributed by atoms with E-state index in [9.17, 15) is 8.78 Å². The van der Waals surface area contributed by atoms with E-state index in [1.165, 1.54) is 75.5 Å². The average Bonchev–Trinajstić information content (AvgIpc) is 2.86. The summed E-state index contributed by atoms with van der Waals surface area (Å²) >= 11 is 0. The van der Waals surface area contributed by atoms with Gasteiger partial charge < -0.3 is 0 Å². The lowest BCUT2D eigenvalue weighted by Gasteiger charge is -2.37. The van der Waals surface area contributed by atoms with Crippen LogP contribution in [0.4, 0.5) is 8.78 Å². The van der Waals surface area contributed by atoms with Crippen molar-refractivity contribution in [3.63, 3.8) is 0 Å². The van der Waals surface area contributed by atoms with Crippen molar-refractivity contribution >= 4 is 8.80 Å². The zero-order valence-electron chi connectivity index (χ0n) is 20.5. The van der Waals surface area contributed by atoms with Crippen LogP contribution in [0.2, 0.25) is 17.6 Å². The summed E-state index contributed by atoms with van der Waals surface area (Å²) in [5, 5.41) is 0. The fourth-order valence-corrected chi connectivity index (χ4v) is 10.8. The molecule has 0 nitrogen and oxygen atoms in total. The SMILES string of the molecule is CCCCCC1CCC([SiH]2CCC(CCc3ccc(-c4ccc(F)c(F)c4)cc3)CC2)CC1. The van der Waals surface area contributed by atoms with Gasteiger partial charge in [-0.2, -0.15) is 0 Å². The summed E-state index contributed by atoms with van der Waals surface area (Å²) in [6.45, 7) is 2.31. The van der Waals surface area contributed by atoms with Gasteiger partial charge in [0.1, 0.15) is 0 Å². The predicted molar refractivity (Wildman–Crippen MR) is 139 cm³/mol. The van der Waals surface area contributed by atoms with Crippen molar-refractivity contribution in [2.45, 2.75) is 102 Å². The van der Waals surface area contributed by atoms with E-state index in [0.29, 0.717) is 0 Å². The maximum absolute atomic E-state index is 13.5. The van der Waals surface area contributed by atoms with Crippen LogP contribution in [0.5, 0.6) is 0 Å². The van der Waals surface area contributed by atoms with Crippen molar-refractivity contribution in [3.8, 4) is 11.1 Å². The first-order chi connectivity index (χ1) is 16.1. The second kappa shape index (κ2) is 12.3. The largest absolute Gasteiger partial charge is 0.204 e. The van der Waals surface area contributed by atoms with E-state index >= 15 is 0 Å². The summed E-state index contributed by atoms with van der Waals surface area (Å²) in [7, 11) is -0.512. The second-order valence-corrected chi connectivity index (χ2v) is 14.5. The van der Waals surface area contributed by atoms with Crippen LogP contribution in [0.3, 0.4) is 0 Å². The van der Waals surface area contributed by atoms with Gasteiger partial charge in [-0.15, -0.1) is 0 Å². The molecule has 33 heavy (non-hydrogen) atoms. The van der Waals surface area contributed by atoms with Gasteiger partial charge in [0.05, 0.1) is 0 Å².